The van der Waals surface area contributed by atoms with E-state index in [0.717, 1.165) is 12.1 Å². The predicted octanol–water partition coefficient (Wildman–Crippen LogP) is 4.42. The van der Waals surface area contributed by atoms with Crippen LogP contribution in [-0.4, -0.2) is 74.6 Å². The van der Waals surface area contributed by atoms with Crippen LogP contribution in [0.4, 0.5) is 0 Å². The fraction of sp³-hybridized carbons (Fsp3) is 0.448. The van der Waals surface area contributed by atoms with Gasteiger partial charge in [-0.1, -0.05) is 19.9 Å². The maximum absolute atomic E-state index is 13.3. The number of hydrogen-bond acceptors (Lipinski definition) is 7. The summed E-state index contributed by atoms with van der Waals surface area (Å²) in [4.78, 5) is 30.1. The van der Waals surface area contributed by atoms with Crippen LogP contribution in [0.5, 0.6) is 17.2 Å². The summed E-state index contributed by atoms with van der Waals surface area (Å²) in [6.07, 6.45) is 0.671. The first-order valence-corrected chi connectivity index (χ1v) is 12.5. The molecule has 1 amide bonds. The maximum Gasteiger partial charge on any atom is 0.295 e. The SMILES string of the molecule is COc1ccc([C@@H]2C(=C(O)c3ccc(OCC(C)C)c(C)c3)C(=O)C(=O)N2CCCN(C)C)cc1OC. The number of Topliss-reactive ketones (excluding diaryl/α,β-unsaturated/α-hetero) is 1. The van der Waals surface area contributed by atoms with Gasteiger partial charge in [-0.25, -0.2) is 0 Å². The molecule has 2 aromatic rings. The van der Waals surface area contributed by atoms with Gasteiger partial charge in [-0.2, -0.15) is 0 Å². The van der Waals surface area contributed by atoms with Crippen molar-refractivity contribution in [3.63, 3.8) is 0 Å². The lowest BCUT2D eigenvalue weighted by Gasteiger charge is -2.26. The average molecular weight is 511 g/mol. The summed E-state index contributed by atoms with van der Waals surface area (Å²) in [5.41, 5.74) is 1.98. The van der Waals surface area contributed by atoms with Crippen molar-refractivity contribution in [2.75, 3.05) is 48.0 Å². The molecule has 0 aromatic heterocycles. The number of aryl methyl sites for hydroxylation is 1. The highest BCUT2D eigenvalue weighted by Crippen LogP contribution is 2.42. The van der Waals surface area contributed by atoms with Crippen molar-refractivity contribution in [3.8, 4) is 17.2 Å². The summed E-state index contributed by atoms with van der Waals surface area (Å²) in [6, 6.07) is 9.77. The molecule has 37 heavy (non-hydrogen) atoms. The van der Waals surface area contributed by atoms with E-state index in [1.54, 1.807) is 43.5 Å². The molecule has 8 heteroatoms. The number of nitrogens with zero attached hydrogens (tertiary/aromatic N) is 2. The predicted molar refractivity (Wildman–Crippen MR) is 143 cm³/mol. The van der Waals surface area contributed by atoms with Crippen LogP contribution in [0.25, 0.3) is 5.76 Å². The molecule has 0 spiro atoms. The maximum atomic E-state index is 13.3. The van der Waals surface area contributed by atoms with Gasteiger partial charge in [0, 0.05) is 12.1 Å². The first-order valence-electron chi connectivity index (χ1n) is 12.5. The summed E-state index contributed by atoms with van der Waals surface area (Å²) < 4.78 is 16.7. The number of likely N-dealkylation sites (tertiary alicyclic amines) is 1. The second kappa shape index (κ2) is 12.1. The van der Waals surface area contributed by atoms with Gasteiger partial charge in [0.15, 0.2) is 11.5 Å². The Kier molecular flexibility index (Phi) is 9.21. The minimum atomic E-state index is -0.765. The van der Waals surface area contributed by atoms with E-state index in [-0.39, 0.29) is 11.3 Å². The van der Waals surface area contributed by atoms with Crippen LogP contribution < -0.4 is 14.2 Å². The number of aliphatic hydroxyl groups excluding tert-OH is 1. The topological polar surface area (TPSA) is 88.5 Å². The Labute approximate surface area is 219 Å². The number of benzene rings is 2. The molecule has 200 valence electrons. The van der Waals surface area contributed by atoms with Crippen LogP contribution in [0.15, 0.2) is 42.0 Å². The van der Waals surface area contributed by atoms with Crippen molar-refractivity contribution >= 4 is 17.4 Å². The summed E-state index contributed by atoms with van der Waals surface area (Å²) in [5.74, 6) is 0.536. The summed E-state index contributed by atoms with van der Waals surface area (Å²) in [5, 5.41) is 11.4. The number of ketones is 1. The Balaban J connectivity index is 2.10. The quantitative estimate of drug-likeness (QED) is 0.272. The van der Waals surface area contributed by atoms with Crippen molar-refractivity contribution in [3.05, 3.63) is 58.7 Å². The Morgan fingerprint density at radius 3 is 2.30 bits per heavy atom. The van der Waals surface area contributed by atoms with Gasteiger partial charge in [0.2, 0.25) is 0 Å². The van der Waals surface area contributed by atoms with Gasteiger partial charge in [0.05, 0.1) is 32.4 Å². The van der Waals surface area contributed by atoms with Crippen LogP contribution in [0, 0.1) is 12.8 Å². The lowest BCUT2D eigenvalue weighted by Crippen LogP contribution is -2.32. The number of rotatable bonds is 11. The van der Waals surface area contributed by atoms with Gasteiger partial charge in [0.1, 0.15) is 11.5 Å². The van der Waals surface area contributed by atoms with Gasteiger partial charge < -0.3 is 29.1 Å². The number of aliphatic hydroxyl groups is 1. The smallest absolute Gasteiger partial charge is 0.295 e. The van der Waals surface area contributed by atoms with Crippen LogP contribution in [0.2, 0.25) is 0 Å². The Morgan fingerprint density at radius 1 is 1.03 bits per heavy atom. The molecular weight excluding hydrogens is 472 g/mol. The van der Waals surface area contributed by atoms with Gasteiger partial charge in [-0.05, 0) is 81.4 Å². The zero-order chi connectivity index (χ0) is 27.3. The highest BCUT2D eigenvalue weighted by molar-refractivity contribution is 6.46. The summed E-state index contributed by atoms with van der Waals surface area (Å²) in [7, 11) is 6.98. The van der Waals surface area contributed by atoms with E-state index in [0.29, 0.717) is 53.9 Å². The second-order valence-corrected chi connectivity index (χ2v) is 9.95. The van der Waals surface area contributed by atoms with Crippen LogP contribution in [0.1, 0.15) is 43.0 Å². The molecule has 1 heterocycles. The second-order valence-electron chi connectivity index (χ2n) is 9.95. The summed E-state index contributed by atoms with van der Waals surface area (Å²) in [6.45, 7) is 7.71. The molecule has 0 unspecified atom stereocenters. The molecule has 2 aromatic carbocycles. The molecular formula is C29H38N2O6. The Hall–Kier alpha value is -3.52. The Bertz CT molecular complexity index is 1170. The van der Waals surface area contributed by atoms with E-state index in [2.05, 4.69) is 13.8 Å². The number of carbonyl (C=O) groups is 2. The molecule has 8 nitrogen and oxygen atoms in total. The normalized spacial score (nSPS) is 17.1. The highest BCUT2D eigenvalue weighted by Gasteiger charge is 2.46. The molecule has 1 aliphatic rings. The number of amides is 1. The number of hydrogen-bond donors (Lipinski definition) is 1. The van der Waals surface area contributed by atoms with Gasteiger partial charge in [-0.15, -0.1) is 0 Å². The lowest BCUT2D eigenvalue weighted by molar-refractivity contribution is -0.139. The third-order valence-corrected chi connectivity index (χ3v) is 6.29. The number of carbonyl (C=O) groups excluding carboxylic acids is 2. The highest BCUT2D eigenvalue weighted by atomic mass is 16.5. The van der Waals surface area contributed by atoms with Crippen molar-refractivity contribution < 1.29 is 28.9 Å². The first-order chi connectivity index (χ1) is 17.6. The molecule has 0 bridgehead atoms. The molecule has 3 rings (SSSR count). The van der Waals surface area contributed by atoms with Crippen molar-refractivity contribution in [1.29, 1.82) is 0 Å². The largest absolute Gasteiger partial charge is 0.507 e. The third-order valence-electron chi connectivity index (χ3n) is 6.29. The molecule has 1 saturated heterocycles. The third kappa shape index (κ3) is 6.25. The molecule has 1 N–H and O–H groups in total. The number of methoxy groups -OCH3 is 2. The van der Waals surface area contributed by atoms with Crippen LogP contribution in [-0.2, 0) is 9.59 Å². The molecule has 1 aliphatic heterocycles. The number of ether oxygens (including phenoxy) is 3. The summed E-state index contributed by atoms with van der Waals surface area (Å²) >= 11 is 0. The average Bonchev–Trinajstić information content (AvgIpc) is 3.11. The molecule has 0 radical (unpaired) electrons. The zero-order valence-corrected chi connectivity index (χ0v) is 22.8. The van der Waals surface area contributed by atoms with Gasteiger partial charge in [-0.3, -0.25) is 9.59 Å². The minimum Gasteiger partial charge on any atom is -0.507 e. The van der Waals surface area contributed by atoms with Crippen molar-refractivity contribution in [2.24, 2.45) is 5.92 Å². The van der Waals surface area contributed by atoms with Gasteiger partial charge in [0.25, 0.3) is 11.7 Å². The minimum absolute atomic E-state index is 0.0531. The monoisotopic (exact) mass is 510 g/mol. The van der Waals surface area contributed by atoms with E-state index in [9.17, 15) is 14.7 Å². The first kappa shape index (κ1) is 28.1. The van der Waals surface area contributed by atoms with Crippen LogP contribution in [0.3, 0.4) is 0 Å². The zero-order valence-electron chi connectivity index (χ0n) is 22.8. The standard InChI is InChI=1S/C29H38N2O6/c1-18(2)17-37-22-11-10-21(15-19(22)3)27(32)25-26(20-9-12-23(35-6)24(16-20)36-7)31(29(34)28(25)33)14-8-13-30(4)5/h9-12,15-16,18,26,32H,8,13-14,17H2,1-7H3/t26-/m1/s1. The van der Waals surface area contributed by atoms with E-state index in [1.165, 1.54) is 12.0 Å². The van der Waals surface area contributed by atoms with Crippen molar-refractivity contribution in [1.82, 2.24) is 9.80 Å². The van der Waals surface area contributed by atoms with Crippen molar-refractivity contribution in [2.45, 2.75) is 33.2 Å². The van der Waals surface area contributed by atoms with Crippen LogP contribution >= 0.6 is 0 Å². The van der Waals surface area contributed by atoms with E-state index in [4.69, 9.17) is 14.2 Å². The van der Waals surface area contributed by atoms with E-state index >= 15 is 0 Å². The lowest BCUT2D eigenvalue weighted by atomic mass is 9.94. The van der Waals surface area contributed by atoms with E-state index < -0.39 is 17.7 Å². The van der Waals surface area contributed by atoms with Gasteiger partial charge >= 0.3 is 0 Å². The molecule has 1 atom stereocenters. The fourth-order valence-electron chi connectivity index (χ4n) is 4.41. The van der Waals surface area contributed by atoms with E-state index in [1.807, 2.05) is 25.9 Å². The molecule has 1 fully saturated rings. The molecule has 0 saturated carbocycles. The Morgan fingerprint density at radius 2 is 1.70 bits per heavy atom. The fourth-order valence-corrected chi connectivity index (χ4v) is 4.41. The molecule has 0 aliphatic carbocycles.